The van der Waals surface area contributed by atoms with Gasteiger partial charge in [0.1, 0.15) is 16.9 Å². The fourth-order valence-electron chi connectivity index (χ4n) is 2.49. The van der Waals surface area contributed by atoms with E-state index in [0.717, 1.165) is 6.07 Å². The average molecular weight is 440 g/mol. The van der Waals surface area contributed by atoms with Crippen LogP contribution in [0.1, 0.15) is 22.3 Å². The minimum atomic E-state index is -0.878. The van der Waals surface area contributed by atoms with Crippen LogP contribution in [0.5, 0.6) is 0 Å². The number of carbonyl (C=O) groups excluding carboxylic acids is 2. The first-order valence-electron chi connectivity index (χ1n) is 8.58. The van der Waals surface area contributed by atoms with Crippen LogP contribution in [0, 0.1) is 15.9 Å². The third kappa shape index (κ3) is 6.43. The number of halogens is 2. The van der Waals surface area contributed by atoms with Crippen molar-refractivity contribution >= 4 is 40.9 Å². The molecule has 0 spiro atoms. The lowest BCUT2D eigenvalue weighted by molar-refractivity contribution is -0.384. The summed E-state index contributed by atoms with van der Waals surface area (Å²) >= 11 is 7.26. The summed E-state index contributed by atoms with van der Waals surface area (Å²) in [5.74, 6) is -0.958. The molecule has 0 saturated heterocycles. The maximum absolute atomic E-state index is 13.7. The first-order chi connectivity index (χ1) is 13.8. The van der Waals surface area contributed by atoms with E-state index in [9.17, 15) is 24.1 Å². The predicted octanol–water partition coefficient (Wildman–Crippen LogP) is 3.56. The molecule has 29 heavy (non-hydrogen) atoms. The summed E-state index contributed by atoms with van der Waals surface area (Å²) in [4.78, 5) is 35.4. The Labute approximate surface area is 176 Å². The van der Waals surface area contributed by atoms with Gasteiger partial charge < -0.3 is 10.6 Å². The molecule has 0 aliphatic rings. The van der Waals surface area contributed by atoms with E-state index in [2.05, 4.69) is 10.6 Å². The van der Waals surface area contributed by atoms with Crippen LogP contribution in [0.3, 0.4) is 0 Å². The summed E-state index contributed by atoms with van der Waals surface area (Å²) in [6.07, 6.45) is 2.20. The van der Waals surface area contributed by atoms with E-state index < -0.39 is 34.3 Å². The van der Waals surface area contributed by atoms with Gasteiger partial charge >= 0.3 is 0 Å². The monoisotopic (exact) mass is 439 g/mol. The molecule has 154 valence electrons. The molecule has 1 atom stereocenters. The average Bonchev–Trinajstić information content (AvgIpc) is 2.70. The van der Waals surface area contributed by atoms with Gasteiger partial charge in [-0.3, -0.25) is 19.7 Å². The van der Waals surface area contributed by atoms with E-state index in [-0.39, 0.29) is 17.1 Å². The molecule has 2 rings (SSSR count). The molecule has 2 amide bonds. The molecule has 0 fully saturated rings. The van der Waals surface area contributed by atoms with Crippen molar-refractivity contribution in [3.05, 3.63) is 74.5 Å². The van der Waals surface area contributed by atoms with Gasteiger partial charge in [-0.2, -0.15) is 11.8 Å². The van der Waals surface area contributed by atoms with Crippen LogP contribution in [-0.2, 0) is 11.3 Å². The second-order valence-electron chi connectivity index (χ2n) is 6.04. The van der Waals surface area contributed by atoms with Gasteiger partial charge in [-0.1, -0.05) is 29.8 Å². The summed E-state index contributed by atoms with van der Waals surface area (Å²) in [5, 5.41) is 16.1. The van der Waals surface area contributed by atoms with Crippen LogP contribution in [0.25, 0.3) is 0 Å². The fourth-order valence-corrected chi connectivity index (χ4v) is 3.15. The lowest BCUT2D eigenvalue weighted by Gasteiger charge is -2.18. The minimum absolute atomic E-state index is 0.0113. The van der Waals surface area contributed by atoms with Gasteiger partial charge in [-0.15, -0.1) is 0 Å². The molecule has 2 N–H and O–H groups in total. The fraction of sp³-hybridized carbons (Fsp3) is 0.263. The largest absolute Gasteiger partial charge is 0.350 e. The molecule has 0 bridgehead atoms. The van der Waals surface area contributed by atoms with E-state index in [1.807, 2.05) is 6.26 Å². The van der Waals surface area contributed by atoms with Gasteiger partial charge in [0, 0.05) is 23.7 Å². The number of hydrogen-bond donors (Lipinski definition) is 2. The zero-order valence-corrected chi connectivity index (χ0v) is 17.1. The second kappa shape index (κ2) is 10.8. The van der Waals surface area contributed by atoms with Crippen LogP contribution in [-0.4, -0.2) is 34.8 Å². The molecule has 0 saturated carbocycles. The minimum Gasteiger partial charge on any atom is -0.350 e. The van der Waals surface area contributed by atoms with Gasteiger partial charge in [0.15, 0.2) is 0 Å². The molecule has 1 unspecified atom stereocenters. The lowest BCUT2D eigenvalue weighted by atomic mass is 10.1. The van der Waals surface area contributed by atoms with E-state index in [1.165, 1.54) is 30.0 Å². The van der Waals surface area contributed by atoms with Gasteiger partial charge in [0.2, 0.25) is 5.91 Å². The topological polar surface area (TPSA) is 101 Å². The maximum atomic E-state index is 13.7. The first kappa shape index (κ1) is 22.6. The number of nitrogens with one attached hydrogen (secondary N) is 2. The van der Waals surface area contributed by atoms with Crippen molar-refractivity contribution in [1.29, 1.82) is 0 Å². The Bertz CT molecular complexity index is 913. The number of hydrogen-bond acceptors (Lipinski definition) is 5. The molecule has 2 aromatic carbocycles. The van der Waals surface area contributed by atoms with Gasteiger partial charge in [0.05, 0.1) is 4.92 Å². The number of rotatable bonds is 9. The van der Waals surface area contributed by atoms with Crippen molar-refractivity contribution in [3.8, 4) is 0 Å². The van der Waals surface area contributed by atoms with Crippen molar-refractivity contribution in [3.63, 3.8) is 0 Å². The summed E-state index contributed by atoms with van der Waals surface area (Å²) in [6.45, 7) is -0.0242. The van der Waals surface area contributed by atoms with Crippen LogP contribution < -0.4 is 10.6 Å². The Kier molecular flexibility index (Phi) is 8.41. The summed E-state index contributed by atoms with van der Waals surface area (Å²) in [5.41, 5.74) is -0.0646. The van der Waals surface area contributed by atoms with Crippen molar-refractivity contribution < 1.29 is 18.9 Å². The van der Waals surface area contributed by atoms with Crippen LogP contribution in [0.2, 0.25) is 5.02 Å². The third-order valence-electron chi connectivity index (χ3n) is 4.05. The Morgan fingerprint density at radius 3 is 2.66 bits per heavy atom. The number of nitrogens with zero attached hydrogens (tertiary/aromatic N) is 1. The standard InChI is InChI=1S/C19H19ClFN3O4S/c1-29-9-8-16(19(26)22-11-13-4-2-3-5-15(13)21)23-18(25)12-6-7-14(20)17(10-12)24(27)28/h2-7,10,16H,8-9,11H2,1H3,(H,22,26)(H,23,25). The van der Waals surface area contributed by atoms with Crippen LogP contribution in [0.4, 0.5) is 10.1 Å². The quantitative estimate of drug-likeness (QED) is 0.459. The lowest BCUT2D eigenvalue weighted by Crippen LogP contribution is -2.47. The molecule has 2 aromatic rings. The Morgan fingerprint density at radius 2 is 2.00 bits per heavy atom. The number of carbonyl (C=O) groups is 2. The molecule has 0 aromatic heterocycles. The highest BCUT2D eigenvalue weighted by atomic mass is 35.5. The van der Waals surface area contributed by atoms with E-state index in [0.29, 0.717) is 17.7 Å². The molecular weight excluding hydrogens is 421 g/mol. The van der Waals surface area contributed by atoms with Crippen LogP contribution in [0.15, 0.2) is 42.5 Å². The van der Waals surface area contributed by atoms with Crippen molar-refractivity contribution in [2.75, 3.05) is 12.0 Å². The summed E-state index contributed by atoms with van der Waals surface area (Å²) < 4.78 is 13.7. The van der Waals surface area contributed by atoms with Crippen molar-refractivity contribution in [2.45, 2.75) is 19.0 Å². The van der Waals surface area contributed by atoms with Crippen LogP contribution >= 0.6 is 23.4 Å². The molecule has 0 heterocycles. The number of nitro benzene ring substituents is 1. The van der Waals surface area contributed by atoms with Gasteiger partial charge in [0.25, 0.3) is 11.6 Å². The van der Waals surface area contributed by atoms with Crippen molar-refractivity contribution in [2.24, 2.45) is 0 Å². The summed E-state index contributed by atoms with van der Waals surface area (Å²) in [6, 6.07) is 8.83. The molecule has 7 nitrogen and oxygen atoms in total. The first-order valence-corrected chi connectivity index (χ1v) is 10.4. The highest BCUT2D eigenvalue weighted by Gasteiger charge is 2.23. The normalized spacial score (nSPS) is 11.6. The molecule has 10 heteroatoms. The molecular formula is C19H19ClFN3O4S. The Morgan fingerprint density at radius 1 is 1.28 bits per heavy atom. The van der Waals surface area contributed by atoms with E-state index >= 15 is 0 Å². The predicted molar refractivity (Wildman–Crippen MR) is 111 cm³/mol. The Hall–Kier alpha value is -2.65. The zero-order chi connectivity index (χ0) is 21.4. The maximum Gasteiger partial charge on any atom is 0.288 e. The van der Waals surface area contributed by atoms with Gasteiger partial charge in [-0.25, -0.2) is 4.39 Å². The molecule has 0 aliphatic carbocycles. The zero-order valence-electron chi connectivity index (χ0n) is 15.5. The number of amides is 2. The van der Waals surface area contributed by atoms with Crippen molar-refractivity contribution in [1.82, 2.24) is 10.6 Å². The second-order valence-corrected chi connectivity index (χ2v) is 7.43. The smallest absolute Gasteiger partial charge is 0.288 e. The van der Waals surface area contributed by atoms with E-state index in [1.54, 1.807) is 18.2 Å². The summed E-state index contributed by atoms with van der Waals surface area (Å²) in [7, 11) is 0. The molecule has 0 aliphatic heterocycles. The number of nitro groups is 1. The SMILES string of the molecule is CSCCC(NC(=O)c1ccc(Cl)c([N+](=O)[O-])c1)C(=O)NCc1ccccc1F. The van der Waals surface area contributed by atoms with E-state index in [4.69, 9.17) is 11.6 Å². The highest BCUT2D eigenvalue weighted by Crippen LogP contribution is 2.25. The molecule has 0 radical (unpaired) electrons. The van der Waals surface area contributed by atoms with Gasteiger partial charge in [-0.05, 0) is 36.6 Å². The highest BCUT2D eigenvalue weighted by molar-refractivity contribution is 7.98. The number of thioether (sulfide) groups is 1. The Balaban J connectivity index is 2.10. The third-order valence-corrected chi connectivity index (χ3v) is 5.01. The number of benzene rings is 2.